The molecular weight excluding hydrogens is 658 g/mol. The van der Waals surface area contributed by atoms with E-state index in [1.165, 1.54) is 10.7 Å². The third kappa shape index (κ3) is 5.93. The van der Waals surface area contributed by atoms with Crippen molar-refractivity contribution in [3.05, 3.63) is 101 Å². The average Bonchev–Trinajstić information content (AvgIpc) is 2.84. The maximum Gasteiger partial charge on any atom is 0.335 e. The van der Waals surface area contributed by atoms with E-state index < -0.39 is 5.97 Å². The Labute approximate surface area is 232 Å². The van der Waals surface area contributed by atoms with Gasteiger partial charge >= 0.3 is 5.97 Å². The molecule has 4 rings (SSSR count). The Hall–Kier alpha value is -2.82. The van der Waals surface area contributed by atoms with Gasteiger partial charge in [-0.05, 0) is 91.9 Å². The second kappa shape index (κ2) is 11.5. The van der Waals surface area contributed by atoms with Crippen LogP contribution in [0.5, 0.6) is 5.75 Å². The topological polar surface area (TPSA) is 93.8 Å². The molecule has 0 fully saturated rings. The van der Waals surface area contributed by atoms with Gasteiger partial charge in [-0.2, -0.15) is 9.78 Å². The molecule has 1 aromatic heterocycles. The lowest BCUT2D eigenvalue weighted by Crippen LogP contribution is -2.22. The fraction of sp³-hybridized carbons (Fsp3) is 0.154. The van der Waals surface area contributed by atoms with Crippen LogP contribution in [0.15, 0.2) is 77.9 Å². The Balaban J connectivity index is 1.62. The number of rotatable bonds is 8. The van der Waals surface area contributed by atoms with Crippen molar-refractivity contribution in [2.75, 3.05) is 0 Å². The standard InChI is InChI=1S/C26H20Br3N3O4/c1-2-4-23-31-22-8-7-18(27)12-19(22)25(33)32(23)30-13-16-10-20(28)24(21(29)11-16)36-14-15-5-3-6-17(9-15)26(34)35/h3,5-13H,2,4,14H2,1H3,(H,34,35). The van der Waals surface area contributed by atoms with Gasteiger partial charge in [0, 0.05) is 10.9 Å². The maximum absolute atomic E-state index is 13.2. The SMILES string of the molecule is CCCc1nc2ccc(Br)cc2c(=O)n1N=Cc1cc(Br)c(OCc2cccc(C(=O)O)c2)c(Br)c1. The highest BCUT2D eigenvalue weighted by Gasteiger charge is 2.12. The van der Waals surface area contributed by atoms with Crippen LogP contribution in [-0.4, -0.2) is 27.0 Å². The first-order valence-electron chi connectivity index (χ1n) is 11.0. The zero-order chi connectivity index (χ0) is 25.8. The predicted octanol–water partition coefficient (Wildman–Crippen LogP) is 6.80. The molecule has 0 radical (unpaired) electrons. The lowest BCUT2D eigenvalue weighted by atomic mass is 10.1. The third-order valence-electron chi connectivity index (χ3n) is 5.25. The van der Waals surface area contributed by atoms with E-state index in [0.717, 1.165) is 22.0 Å². The fourth-order valence-electron chi connectivity index (χ4n) is 3.57. The Bertz CT molecular complexity index is 1530. The van der Waals surface area contributed by atoms with Crippen molar-refractivity contribution in [1.82, 2.24) is 9.66 Å². The van der Waals surface area contributed by atoms with Crippen LogP contribution in [0.2, 0.25) is 0 Å². The molecular formula is C26H20Br3N3O4. The van der Waals surface area contributed by atoms with Crippen molar-refractivity contribution in [3.63, 3.8) is 0 Å². The van der Waals surface area contributed by atoms with Crippen molar-refractivity contribution in [1.29, 1.82) is 0 Å². The lowest BCUT2D eigenvalue weighted by molar-refractivity contribution is 0.0696. The number of carboxylic acid groups (broad SMARTS) is 1. The van der Waals surface area contributed by atoms with E-state index in [0.29, 0.717) is 37.8 Å². The van der Waals surface area contributed by atoms with Crippen molar-refractivity contribution >= 4 is 70.9 Å². The third-order valence-corrected chi connectivity index (χ3v) is 6.92. The first-order chi connectivity index (χ1) is 17.3. The number of hydrogen-bond acceptors (Lipinski definition) is 5. The number of benzene rings is 3. The molecule has 0 unspecified atom stereocenters. The van der Waals surface area contributed by atoms with Gasteiger partial charge in [0.2, 0.25) is 0 Å². The molecule has 0 aliphatic carbocycles. The minimum absolute atomic E-state index is 0.194. The van der Waals surface area contributed by atoms with Gasteiger partial charge in [-0.25, -0.2) is 9.78 Å². The molecule has 0 aliphatic rings. The molecule has 0 atom stereocenters. The van der Waals surface area contributed by atoms with Crippen LogP contribution in [0.4, 0.5) is 0 Å². The van der Waals surface area contributed by atoms with Crippen molar-refractivity contribution < 1.29 is 14.6 Å². The van der Waals surface area contributed by atoms with Crippen LogP contribution in [0, 0.1) is 0 Å². The van der Waals surface area contributed by atoms with Gasteiger partial charge in [0.05, 0.1) is 31.6 Å². The average molecular weight is 678 g/mol. The van der Waals surface area contributed by atoms with Gasteiger partial charge in [0.25, 0.3) is 5.56 Å². The molecule has 0 spiro atoms. The smallest absolute Gasteiger partial charge is 0.335 e. The van der Waals surface area contributed by atoms with E-state index in [1.54, 1.807) is 30.5 Å². The summed E-state index contributed by atoms with van der Waals surface area (Å²) in [5, 5.41) is 14.1. The fourth-order valence-corrected chi connectivity index (χ4v) is 5.38. The molecule has 36 heavy (non-hydrogen) atoms. The van der Waals surface area contributed by atoms with Crippen LogP contribution in [0.1, 0.15) is 40.7 Å². The van der Waals surface area contributed by atoms with E-state index >= 15 is 0 Å². The second-order valence-electron chi connectivity index (χ2n) is 7.91. The van der Waals surface area contributed by atoms with Crippen molar-refractivity contribution in [3.8, 4) is 5.75 Å². The zero-order valence-corrected chi connectivity index (χ0v) is 23.8. The minimum Gasteiger partial charge on any atom is -0.487 e. The summed E-state index contributed by atoms with van der Waals surface area (Å²) < 4.78 is 9.43. The Morgan fingerprint density at radius 3 is 2.56 bits per heavy atom. The number of ether oxygens (including phenoxy) is 1. The number of nitrogens with zero attached hydrogens (tertiary/aromatic N) is 3. The molecule has 0 saturated carbocycles. The first-order valence-corrected chi connectivity index (χ1v) is 13.3. The summed E-state index contributed by atoms with van der Waals surface area (Å²) in [6.45, 7) is 2.22. The van der Waals surface area contributed by atoms with E-state index in [9.17, 15) is 14.7 Å². The van der Waals surface area contributed by atoms with Gasteiger partial charge < -0.3 is 9.84 Å². The van der Waals surface area contributed by atoms with E-state index in [4.69, 9.17) is 4.74 Å². The molecule has 1 heterocycles. The molecule has 0 amide bonds. The van der Waals surface area contributed by atoms with Crippen LogP contribution in [-0.2, 0) is 13.0 Å². The number of carbonyl (C=O) groups is 1. The zero-order valence-electron chi connectivity index (χ0n) is 19.0. The summed E-state index contributed by atoms with van der Waals surface area (Å²) in [6.07, 6.45) is 3.03. The molecule has 0 bridgehead atoms. The minimum atomic E-state index is -0.988. The molecule has 184 valence electrons. The summed E-state index contributed by atoms with van der Waals surface area (Å²) in [5.41, 5.74) is 2.07. The summed E-state index contributed by atoms with van der Waals surface area (Å²) in [6, 6.07) is 15.7. The number of aryl methyl sites for hydroxylation is 1. The maximum atomic E-state index is 13.2. The Morgan fingerprint density at radius 1 is 1.11 bits per heavy atom. The Kier molecular flexibility index (Phi) is 8.38. The van der Waals surface area contributed by atoms with Gasteiger partial charge in [-0.3, -0.25) is 4.79 Å². The van der Waals surface area contributed by atoms with E-state index in [1.807, 2.05) is 31.2 Å². The van der Waals surface area contributed by atoms with Gasteiger partial charge in [-0.1, -0.05) is 35.0 Å². The van der Waals surface area contributed by atoms with Crippen LogP contribution < -0.4 is 10.3 Å². The number of fused-ring (bicyclic) bond motifs is 1. The number of aromatic carboxylic acids is 1. The Morgan fingerprint density at radius 2 is 1.86 bits per heavy atom. The molecule has 4 aromatic rings. The number of carboxylic acids is 1. The van der Waals surface area contributed by atoms with Gasteiger partial charge in [0.15, 0.2) is 0 Å². The molecule has 10 heteroatoms. The van der Waals surface area contributed by atoms with Crippen LogP contribution in [0.25, 0.3) is 10.9 Å². The molecule has 0 aliphatic heterocycles. The summed E-state index contributed by atoms with van der Waals surface area (Å²) >= 11 is 10.5. The largest absolute Gasteiger partial charge is 0.487 e. The molecule has 1 N–H and O–H groups in total. The summed E-state index contributed by atoms with van der Waals surface area (Å²) in [5.74, 6) is 0.169. The highest BCUT2D eigenvalue weighted by atomic mass is 79.9. The second-order valence-corrected chi connectivity index (χ2v) is 10.5. The van der Waals surface area contributed by atoms with Gasteiger partial charge in [0.1, 0.15) is 18.2 Å². The van der Waals surface area contributed by atoms with Crippen LogP contribution >= 0.6 is 47.8 Å². The van der Waals surface area contributed by atoms with Gasteiger partial charge in [-0.15, -0.1) is 0 Å². The summed E-state index contributed by atoms with van der Waals surface area (Å²) in [7, 11) is 0. The predicted molar refractivity (Wildman–Crippen MR) is 150 cm³/mol. The number of halogens is 3. The first kappa shape index (κ1) is 26.2. The number of hydrogen-bond donors (Lipinski definition) is 1. The summed E-state index contributed by atoms with van der Waals surface area (Å²) in [4.78, 5) is 29.0. The van der Waals surface area contributed by atoms with Crippen molar-refractivity contribution in [2.24, 2.45) is 5.10 Å². The highest BCUT2D eigenvalue weighted by molar-refractivity contribution is 9.11. The quantitative estimate of drug-likeness (QED) is 0.207. The highest BCUT2D eigenvalue weighted by Crippen LogP contribution is 2.35. The molecule has 3 aromatic carbocycles. The van der Waals surface area contributed by atoms with E-state index in [-0.39, 0.29) is 17.7 Å². The molecule has 0 saturated heterocycles. The van der Waals surface area contributed by atoms with Crippen LogP contribution in [0.3, 0.4) is 0 Å². The van der Waals surface area contributed by atoms with E-state index in [2.05, 4.69) is 57.9 Å². The molecule has 7 nitrogen and oxygen atoms in total. The monoisotopic (exact) mass is 675 g/mol. The lowest BCUT2D eigenvalue weighted by Gasteiger charge is -2.12. The van der Waals surface area contributed by atoms with Crippen molar-refractivity contribution in [2.45, 2.75) is 26.4 Å². The number of aromatic nitrogens is 2. The normalized spacial score (nSPS) is 11.3.